The van der Waals surface area contributed by atoms with Crippen LogP contribution in [0.25, 0.3) is 0 Å². The highest BCUT2D eigenvalue weighted by atomic mass is 32.2. The summed E-state index contributed by atoms with van der Waals surface area (Å²) in [4.78, 5) is 4.09. The average molecular weight is 214 g/mol. The van der Waals surface area contributed by atoms with E-state index in [1.807, 2.05) is 13.8 Å². The fourth-order valence-electron chi connectivity index (χ4n) is 1.22. The highest BCUT2D eigenvalue weighted by molar-refractivity contribution is 7.89. The second kappa shape index (κ2) is 4.52. The molecule has 1 aromatic rings. The smallest absolute Gasteiger partial charge is 0.243 e. The minimum Gasteiger partial charge on any atom is -0.265 e. The van der Waals surface area contributed by atoms with Crippen molar-refractivity contribution < 1.29 is 8.42 Å². The lowest BCUT2D eigenvalue weighted by atomic mass is 10.5. The van der Waals surface area contributed by atoms with Crippen molar-refractivity contribution in [3.8, 4) is 0 Å². The SMILES string of the molecule is CCN(CC)S(=O)(=O)c1ccncc1. The van der Waals surface area contributed by atoms with Crippen molar-refractivity contribution in [2.45, 2.75) is 18.7 Å². The van der Waals surface area contributed by atoms with E-state index in [-0.39, 0.29) is 0 Å². The van der Waals surface area contributed by atoms with Gasteiger partial charge in [0.05, 0.1) is 4.90 Å². The largest absolute Gasteiger partial charge is 0.265 e. The Morgan fingerprint density at radius 1 is 1.21 bits per heavy atom. The van der Waals surface area contributed by atoms with Gasteiger partial charge in [0.25, 0.3) is 0 Å². The third kappa shape index (κ3) is 2.10. The topological polar surface area (TPSA) is 50.3 Å². The zero-order valence-electron chi connectivity index (χ0n) is 8.34. The van der Waals surface area contributed by atoms with Crippen molar-refractivity contribution in [2.24, 2.45) is 0 Å². The summed E-state index contributed by atoms with van der Waals surface area (Å²) < 4.78 is 25.2. The molecule has 0 radical (unpaired) electrons. The minimum absolute atomic E-state index is 0.302. The molecule has 1 aromatic heterocycles. The molecule has 5 heteroatoms. The lowest BCUT2D eigenvalue weighted by Gasteiger charge is -2.17. The lowest BCUT2D eigenvalue weighted by molar-refractivity contribution is 0.445. The number of hydrogen-bond donors (Lipinski definition) is 0. The number of aromatic nitrogens is 1. The van der Waals surface area contributed by atoms with Crippen molar-refractivity contribution in [3.63, 3.8) is 0 Å². The molecule has 1 heterocycles. The summed E-state index contributed by atoms with van der Waals surface area (Å²) in [5, 5.41) is 0. The predicted molar refractivity (Wildman–Crippen MR) is 54.3 cm³/mol. The van der Waals surface area contributed by atoms with Gasteiger partial charge in [0, 0.05) is 25.5 Å². The first kappa shape index (κ1) is 11.1. The minimum atomic E-state index is -3.31. The lowest BCUT2D eigenvalue weighted by Crippen LogP contribution is -2.30. The van der Waals surface area contributed by atoms with E-state index >= 15 is 0 Å². The Hall–Kier alpha value is -0.940. The van der Waals surface area contributed by atoms with Gasteiger partial charge in [-0.15, -0.1) is 0 Å². The van der Waals surface area contributed by atoms with Crippen molar-refractivity contribution in [1.29, 1.82) is 0 Å². The summed E-state index contributed by atoms with van der Waals surface area (Å²) in [5.41, 5.74) is 0. The van der Waals surface area contributed by atoms with Gasteiger partial charge in [-0.1, -0.05) is 13.8 Å². The second-order valence-corrected chi connectivity index (χ2v) is 4.71. The molecule has 78 valence electrons. The summed E-state index contributed by atoms with van der Waals surface area (Å²) in [6.07, 6.45) is 2.97. The highest BCUT2D eigenvalue weighted by Gasteiger charge is 2.20. The molecular formula is C9H14N2O2S. The Labute approximate surface area is 84.6 Å². The molecule has 0 fully saturated rings. The maximum absolute atomic E-state index is 11.9. The molecule has 0 aliphatic rings. The van der Waals surface area contributed by atoms with E-state index < -0.39 is 10.0 Å². The van der Waals surface area contributed by atoms with Gasteiger partial charge >= 0.3 is 0 Å². The van der Waals surface area contributed by atoms with Gasteiger partial charge in [0.2, 0.25) is 10.0 Å². The molecule has 0 bridgehead atoms. The van der Waals surface area contributed by atoms with Gasteiger partial charge in [-0.3, -0.25) is 4.98 Å². The van der Waals surface area contributed by atoms with Crippen LogP contribution in [0.5, 0.6) is 0 Å². The average Bonchev–Trinajstić information content (AvgIpc) is 2.20. The maximum Gasteiger partial charge on any atom is 0.243 e. The molecule has 0 saturated carbocycles. The van der Waals surface area contributed by atoms with Gasteiger partial charge < -0.3 is 0 Å². The van der Waals surface area contributed by atoms with Crippen LogP contribution in [-0.2, 0) is 10.0 Å². The summed E-state index contributed by atoms with van der Waals surface area (Å²) in [7, 11) is -3.31. The molecule has 0 aliphatic carbocycles. The Morgan fingerprint density at radius 2 is 1.71 bits per heavy atom. The van der Waals surface area contributed by atoms with E-state index in [1.165, 1.54) is 28.8 Å². The van der Waals surface area contributed by atoms with Crippen LogP contribution in [-0.4, -0.2) is 30.8 Å². The van der Waals surface area contributed by atoms with Crippen LogP contribution >= 0.6 is 0 Å². The number of hydrogen-bond acceptors (Lipinski definition) is 3. The Bertz CT molecular complexity index is 371. The molecule has 0 amide bonds. The summed E-state index contributed by atoms with van der Waals surface area (Å²) in [6, 6.07) is 3.02. The van der Waals surface area contributed by atoms with Crippen LogP contribution in [0.3, 0.4) is 0 Å². The highest BCUT2D eigenvalue weighted by Crippen LogP contribution is 2.13. The van der Waals surface area contributed by atoms with E-state index in [9.17, 15) is 8.42 Å². The molecule has 4 nitrogen and oxygen atoms in total. The van der Waals surface area contributed by atoms with Crippen LogP contribution in [0.15, 0.2) is 29.4 Å². The first-order valence-electron chi connectivity index (χ1n) is 4.53. The molecule has 1 rings (SSSR count). The molecule has 0 spiro atoms. The number of rotatable bonds is 4. The first-order chi connectivity index (χ1) is 6.62. The van der Waals surface area contributed by atoms with Crippen LogP contribution in [0.1, 0.15) is 13.8 Å². The monoisotopic (exact) mass is 214 g/mol. The third-order valence-electron chi connectivity index (χ3n) is 1.99. The van der Waals surface area contributed by atoms with E-state index in [0.717, 1.165) is 0 Å². The maximum atomic E-state index is 11.9. The van der Waals surface area contributed by atoms with Crippen LogP contribution in [0.2, 0.25) is 0 Å². The van der Waals surface area contributed by atoms with Crippen molar-refractivity contribution in [3.05, 3.63) is 24.5 Å². The van der Waals surface area contributed by atoms with Gasteiger partial charge in [0.1, 0.15) is 0 Å². The van der Waals surface area contributed by atoms with Gasteiger partial charge in [0.15, 0.2) is 0 Å². The molecule has 0 atom stereocenters. The zero-order valence-corrected chi connectivity index (χ0v) is 9.16. The molecule has 0 aromatic carbocycles. The van der Waals surface area contributed by atoms with Gasteiger partial charge in [-0.05, 0) is 12.1 Å². The molecular weight excluding hydrogens is 200 g/mol. The van der Waals surface area contributed by atoms with Crippen molar-refractivity contribution >= 4 is 10.0 Å². The molecule has 0 unspecified atom stereocenters. The number of pyridine rings is 1. The number of sulfonamides is 1. The quantitative estimate of drug-likeness (QED) is 0.754. The van der Waals surface area contributed by atoms with Gasteiger partial charge in [-0.2, -0.15) is 4.31 Å². The Balaban J connectivity index is 3.08. The summed E-state index contributed by atoms with van der Waals surface area (Å²) >= 11 is 0. The molecule has 0 N–H and O–H groups in total. The van der Waals surface area contributed by atoms with Gasteiger partial charge in [-0.25, -0.2) is 8.42 Å². The third-order valence-corrected chi connectivity index (χ3v) is 4.06. The normalized spacial score (nSPS) is 11.9. The second-order valence-electron chi connectivity index (χ2n) is 2.77. The van der Waals surface area contributed by atoms with Crippen molar-refractivity contribution in [1.82, 2.24) is 9.29 Å². The molecule has 0 aliphatic heterocycles. The van der Waals surface area contributed by atoms with E-state index in [4.69, 9.17) is 0 Å². The zero-order chi connectivity index (χ0) is 10.6. The van der Waals surface area contributed by atoms with E-state index in [1.54, 1.807) is 0 Å². The Morgan fingerprint density at radius 3 is 2.14 bits per heavy atom. The van der Waals surface area contributed by atoms with Crippen molar-refractivity contribution in [2.75, 3.05) is 13.1 Å². The molecule has 0 saturated heterocycles. The van der Waals surface area contributed by atoms with Crippen LogP contribution in [0, 0.1) is 0 Å². The van der Waals surface area contributed by atoms with E-state index in [0.29, 0.717) is 18.0 Å². The standard InChI is InChI=1S/C9H14N2O2S/c1-3-11(4-2)14(12,13)9-5-7-10-8-6-9/h5-8H,3-4H2,1-2H3. The molecule has 14 heavy (non-hydrogen) atoms. The van der Waals surface area contributed by atoms with Crippen LogP contribution in [0.4, 0.5) is 0 Å². The van der Waals surface area contributed by atoms with E-state index in [2.05, 4.69) is 4.98 Å². The number of nitrogens with zero attached hydrogens (tertiary/aromatic N) is 2. The summed E-state index contributed by atoms with van der Waals surface area (Å²) in [6.45, 7) is 4.62. The predicted octanol–water partition coefficient (Wildman–Crippen LogP) is 1.11. The Kier molecular flexibility index (Phi) is 3.60. The fraction of sp³-hybridized carbons (Fsp3) is 0.444. The summed E-state index contributed by atoms with van der Waals surface area (Å²) in [5.74, 6) is 0. The first-order valence-corrected chi connectivity index (χ1v) is 5.97. The fourth-order valence-corrected chi connectivity index (χ4v) is 2.67. The van der Waals surface area contributed by atoms with Crippen LogP contribution < -0.4 is 0 Å².